The highest BCUT2D eigenvalue weighted by Gasteiger charge is 2.27. The Morgan fingerprint density at radius 3 is 2.09 bits per heavy atom. The Bertz CT molecular complexity index is 1180. The summed E-state index contributed by atoms with van der Waals surface area (Å²) in [5.41, 5.74) is 0.935. The molecular weight excluding hydrogens is 429 g/mol. The molecule has 2 heterocycles. The number of nitrogens with zero attached hydrogens (tertiary/aromatic N) is 3. The number of H-pyrrole nitrogens is 1. The highest BCUT2D eigenvalue weighted by atomic mass is 31.1. The van der Waals surface area contributed by atoms with Gasteiger partial charge in [-0.1, -0.05) is 60.7 Å². The maximum Gasteiger partial charge on any atom is 0.259 e. The van der Waals surface area contributed by atoms with E-state index in [9.17, 15) is 19.4 Å². The summed E-state index contributed by atoms with van der Waals surface area (Å²) in [5, 5.41) is 19.7. The Labute approximate surface area is 184 Å². The van der Waals surface area contributed by atoms with Crippen LogP contribution in [-0.4, -0.2) is 36.1 Å². The third-order valence-electron chi connectivity index (χ3n) is 4.93. The molecular formula is C22H20N5O4P. The van der Waals surface area contributed by atoms with Gasteiger partial charge in [-0.3, -0.25) is 14.5 Å². The zero-order valence-electron chi connectivity index (χ0n) is 16.7. The van der Waals surface area contributed by atoms with Gasteiger partial charge < -0.3 is 15.3 Å². The molecule has 0 bridgehead atoms. The van der Waals surface area contributed by atoms with E-state index < -0.39 is 31.5 Å². The Morgan fingerprint density at radius 2 is 1.59 bits per heavy atom. The minimum Gasteiger partial charge on any atom is -0.493 e. The molecule has 2 unspecified atom stereocenters. The van der Waals surface area contributed by atoms with Crippen LogP contribution in [-0.2, 0) is 4.57 Å². The van der Waals surface area contributed by atoms with Gasteiger partial charge in [0.25, 0.3) is 5.91 Å². The Morgan fingerprint density at radius 1 is 0.969 bits per heavy atom. The number of nitrogens with one attached hydrogen (secondary N) is 2. The number of amides is 1. The first-order valence-electron chi connectivity index (χ1n) is 9.72. The van der Waals surface area contributed by atoms with Crippen LogP contribution >= 0.6 is 8.03 Å². The quantitative estimate of drug-likeness (QED) is 0.318. The van der Waals surface area contributed by atoms with Crippen molar-refractivity contribution < 1.29 is 19.4 Å². The number of aromatic amines is 1. The maximum absolute atomic E-state index is 13.0. The average molecular weight is 449 g/mol. The maximum atomic E-state index is 13.0. The van der Waals surface area contributed by atoms with Crippen LogP contribution in [0.15, 0.2) is 79.3 Å². The predicted octanol–water partition coefficient (Wildman–Crippen LogP) is 2.98. The number of aromatic nitrogens is 4. The fraction of sp³-hybridized carbons (Fsp3) is 0.0909. The van der Waals surface area contributed by atoms with Gasteiger partial charge >= 0.3 is 0 Å². The van der Waals surface area contributed by atoms with Crippen molar-refractivity contribution in [3.8, 4) is 5.88 Å². The molecule has 4 aromatic rings. The van der Waals surface area contributed by atoms with Crippen LogP contribution in [0.25, 0.3) is 0 Å². The monoisotopic (exact) mass is 449 g/mol. The number of hydrogen-bond donors (Lipinski definition) is 4. The van der Waals surface area contributed by atoms with Crippen LogP contribution in [0.3, 0.4) is 0 Å². The summed E-state index contributed by atoms with van der Waals surface area (Å²) in [5.74, 6) is -1.23. The lowest BCUT2D eigenvalue weighted by Gasteiger charge is -2.20. The summed E-state index contributed by atoms with van der Waals surface area (Å²) in [7, 11) is -3.13. The average Bonchev–Trinajstić information content (AvgIpc) is 3.32. The molecule has 0 fully saturated rings. The molecule has 2 aromatic carbocycles. The van der Waals surface area contributed by atoms with Gasteiger partial charge in [-0.15, -0.1) is 0 Å². The first kappa shape index (κ1) is 21.4. The topological polar surface area (TPSA) is 141 Å². The number of aromatic hydroxyl groups is 1. The first-order chi connectivity index (χ1) is 15.5. The van der Waals surface area contributed by atoms with Gasteiger partial charge in [0.2, 0.25) is 13.9 Å². The van der Waals surface area contributed by atoms with Gasteiger partial charge in [0.1, 0.15) is 17.0 Å². The Hall–Kier alpha value is -3.81. The van der Waals surface area contributed by atoms with Crippen LogP contribution in [0.4, 0.5) is 0 Å². The number of carbonyl (C=O) groups excluding carboxylic acids is 1. The summed E-state index contributed by atoms with van der Waals surface area (Å²) in [6, 6.07) is 18.4. The lowest BCUT2D eigenvalue weighted by atomic mass is 9.98. The van der Waals surface area contributed by atoms with Crippen LogP contribution in [0.1, 0.15) is 44.6 Å². The fourth-order valence-corrected chi connectivity index (χ4v) is 4.17. The van der Waals surface area contributed by atoms with Crippen molar-refractivity contribution in [3.05, 3.63) is 107 Å². The van der Waals surface area contributed by atoms with Crippen molar-refractivity contribution in [1.82, 2.24) is 25.5 Å². The Kier molecular flexibility index (Phi) is 6.39. The molecule has 2 aromatic heterocycles. The molecule has 0 aliphatic heterocycles. The van der Waals surface area contributed by atoms with Crippen molar-refractivity contribution in [2.24, 2.45) is 0 Å². The van der Waals surface area contributed by atoms with Crippen LogP contribution < -0.4 is 5.32 Å². The molecule has 1 amide bonds. The molecule has 4 rings (SSSR count). The third kappa shape index (κ3) is 4.59. The molecule has 0 aliphatic carbocycles. The SMILES string of the molecule is O=C(NC(c1ccccc1)c1ccccc1)c1cnc(C(c2cn[nH]c2)[PH](=O)O)nc1O. The summed E-state index contributed by atoms with van der Waals surface area (Å²) >= 11 is 0. The molecule has 2 atom stereocenters. The van der Waals surface area contributed by atoms with E-state index in [0.717, 1.165) is 17.3 Å². The highest BCUT2D eigenvalue weighted by molar-refractivity contribution is 7.38. The van der Waals surface area contributed by atoms with E-state index in [-0.39, 0.29) is 11.4 Å². The van der Waals surface area contributed by atoms with E-state index >= 15 is 0 Å². The molecule has 0 spiro atoms. The smallest absolute Gasteiger partial charge is 0.259 e. The molecule has 9 nitrogen and oxygen atoms in total. The molecule has 0 saturated heterocycles. The minimum absolute atomic E-state index is 0.0745. The highest BCUT2D eigenvalue weighted by Crippen LogP contribution is 2.41. The molecule has 10 heteroatoms. The molecule has 4 N–H and O–H groups in total. The number of carbonyl (C=O) groups is 1. The summed E-state index contributed by atoms with van der Waals surface area (Å²) in [4.78, 5) is 30.8. The largest absolute Gasteiger partial charge is 0.493 e. The number of rotatable bonds is 7. The molecule has 32 heavy (non-hydrogen) atoms. The van der Waals surface area contributed by atoms with Crippen LogP contribution in [0.2, 0.25) is 0 Å². The minimum atomic E-state index is -3.13. The van der Waals surface area contributed by atoms with E-state index in [4.69, 9.17) is 0 Å². The zero-order chi connectivity index (χ0) is 22.5. The molecule has 0 radical (unpaired) electrons. The van der Waals surface area contributed by atoms with E-state index in [0.29, 0.717) is 5.56 Å². The third-order valence-corrected chi connectivity index (χ3v) is 6.02. The summed E-state index contributed by atoms with van der Waals surface area (Å²) in [6.07, 6.45) is 3.99. The van der Waals surface area contributed by atoms with Gasteiger partial charge in [-0.05, 0) is 11.1 Å². The van der Waals surface area contributed by atoms with Crippen molar-refractivity contribution in [3.63, 3.8) is 0 Å². The second kappa shape index (κ2) is 9.55. The lowest BCUT2D eigenvalue weighted by Crippen LogP contribution is -2.29. The number of hydrogen-bond acceptors (Lipinski definition) is 6. The van der Waals surface area contributed by atoms with E-state index in [1.807, 2.05) is 60.7 Å². The molecule has 0 aliphatic rings. The first-order valence-corrected chi connectivity index (χ1v) is 11.2. The van der Waals surface area contributed by atoms with Crippen LogP contribution in [0, 0.1) is 0 Å². The van der Waals surface area contributed by atoms with Gasteiger partial charge in [0, 0.05) is 18.0 Å². The van der Waals surface area contributed by atoms with Crippen molar-refractivity contribution in [1.29, 1.82) is 0 Å². The fourth-order valence-electron chi connectivity index (χ4n) is 3.37. The Balaban J connectivity index is 1.63. The van der Waals surface area contributed by atoms with Crippen molar-refractivity contribution in [2.45, 2.75) is 11.7 Å². The summed E-state index contributed by atoms with van der Waals surface area (Å²) < 4.78 is 11.9. The lowest BCUT2D eigenvalue weighted by molar-refractivity contribution is 0.0939. The number of benzene rings is 2. The van der Waals surface area contributed by atoms with Crippen molar-refractivity contribution >= 4 is 13.9 Å². The predicted molar refractivity (Wildman–Crippen MR) is 118 cm³/mol. The normalized spacial score (nSPS) is 12.9. The van der Waals surface area contributed by atoms with E-state index in [1.54, 1.807) is 0 Å². The van der Waals surface area contributed by atoms with Crippen LogP contribution in [0.5, 0.6) is 5.88 Å². The standard InChI is InChI=1S/C22H20N5O4P/c28-21(26-18(14-7-3-1-4-8-14)15-9-5-2-6-10-15)17-13-23-20(27-22(17)29)19(32(30)31)16-11-24-25-12-16/h1-13,18-19,32H,(H,24,25)(H,26,28)(H,30,31)(H,23,27,29). The van der Waals surface area contributed by atoms with Gasteiger partial charge in [0.15, 0.2) is 0 Å². The molecule has 162 valence electrons. The van der Waals surface area contributed by atoms with Gasteiger partial charge in [0.05, 0.1) is 12.2 Å². The zero-order valence-corrected chi connectivity index (χ0v) is 17.7. The van der Waals surface area contributed by atoms with Crippen molar-refractivity contribution in [2.75, 3.05) is 0 Å². The van der Waals surface area contributed by atoms with E-state index in [1.165, 1.54) is 12.4 Å². The second-order valence-electron chi connectivity index (χ2n) is 7.00. The second-order valence-corrected chi connectivity index (χ2v) is 8.25. The van der Waals surface area contributed by atoms with Gasteiger partial charge in [-0.25, -0.2) is 4.98 Å². The van der Waals surface area contributed by atoms with Gasteiger partial charge in [-0.2, -0.15) is 10.1 Å². The van der Waals surface area contributed by atoms with E-state index in [2.05, 4.69) is 25.5 Å². The molecule has 0 saturated carbocycles. The summed E-state index contributed by atoms with van der Waals surface area (Å²) in [6.45, 7) is 0.